The second-order valence-corrected chi connectivity index (χ2v) is 7.38. The number of piperidine rings is 1. The van der Waals surface area contributed by atoms with E-state index < -0.39 is 0 Å². The van der Waals surface area contributed by atoms with Crippen molar-refractivity contribution < 1.29 is 14.5 Å². The van der Waals surface area contributed by atoms with E-state index in [0.29, 0.717) is 12.6 Å². The summed E-state index contributed by atoms with van der Waals surface area (Å²) in [7, 11) is 0. The van der Waals surface area contributed by atoms with Crippen LogP contribution in [0.25, 0.3) is 0 Å². The molecule has 5 heteroatoms. The second-order valence-electron chi connectivity index (χ2n) is 7.38. The van der Waals surface area contributed by atoms with Crippen molar-refractivity contribution in [3.63, 3.8) is 0 Å². The van der Waals surface area contributed by atoms with Gasteiger partial charge in [0.2, 0.25) is 0 Å². The average Bonchev–Trinajstić information content (AvgIpc) is 3.00. The second kappa shape index (κ2) is 7.44. The summed E-state index contributed by atoms with van der Waals surface area (Å²) < 4.78 is 0. The molecule has 1 aliphatic heterocycles. The first-order valence-corrected chi connectivity index (χ1v) is 9.17. The third-order valence-corrected chi connectivity index (χ3v) is 5.84. The highest BCUT2D eigenvalue weighted by Gasteiger charge is 2.37. The van der Waals surface area contributed by atoms with Crippen LogP contribution in [0.5, 0.6) is 0 Å². The van der Waals surface area contributed by atoms with E-state index in [0.717, 1.165) is 25.3 Å². The van der Waals surface area contributed by atoms with Crippen molar-refractivity contribution in [3.05, 3.63) is 0 Å². The summed E-state index contributed by atoms with van der Waals surface area (Å²) in [4.78, 5) is 25.5. The zero-order valence-electron chi connectivity index (χ0n) is 13.5. The van der Waals surface area contributed by atoms with Crippen LogP contribution >= 0.6 is 0 Å². The van der Waals surface area contributed by atoms with E-state index in [9.17, 15) is 9.59 Å². The van der Waals surface area contributed by atoms with Crippen molar-refractivity contribution in [2.75, 3.05) is 13.1 Å². The molecule has 0 radical (unpaired) electrons. The third-order valence-electron chi connectivity index (χ3n) is 5.84. The van der Waals surface area contributed by atoms with Gasteiger partial charge in [-0.05, 0) is 44.9 Å². The van der Waals surface area contributed by atoms with Crippen LogP contribution in [-0.4, -0.2) is 37.1 Å². The minimum Gasteiger partial charge on any atom is -0.335 e. The normalized spacial score (nSPS) is 32.3. The Morgan fingerprint density at radius 1 is 0.909 bits per heavy atom. The van der Waals surface area contributed by atoms with E-state index in [1.165, 1.54) is 56.3 Å². The lowest BCUT2D eigenvalue weighted by Gasteiger charge is -2.40. The first-order valence-electron chi connectivity index (χ1n) is 9.17. The van der Waals surface area contributed by atoms with Crippen LogP contribution in [0.15, 0.2) is 0 Å². The van der Waals surface area contributed by atoms with Crippen molar-refractivity contribution in [2.45, 2.75) is 76.3 Å². The Hall–Kier alpha value is -1.10. The molecule has 2 saturated carbocycles. The van der Waals surface area contributed by atoms with Gasteiger partial charge >= 0.3 is 6.03 Å². The average molecular weight is 308 g/mol. The summed E-state index contributed by atoms with van der Waals surface area (Å²) in [5, 5.41) is 5.46. The van der Waals surface area contributed by atoms with E-state index in [4.69, 9.17) is 0 Å². The number of carbonyl (C=O) groups is 2. The molecular formula is C17H30N3O2+. The topological polar surface area (TPSA) is 62.6 Å². The molecular weight excluding hydrogens is 278 g/mol. The number of urea groups is 1. The van der Waals surface area contributed by atoms with E-state index in [1.54, 1.807) is 0 Å². The minimum absolute atomic E-state index is 0.114. The highest BCUT2D eigenvalue weighted by atomic mass is 16.2. The van der Waals surface area contributed by atoms with Gasteiger partial charge in [0, 0.05) is 12.0 Å². The van der Waals surface area contributed by atoms with Gasteiger partial charge in [0.25, 0.3) is 5.91 Å². The molecule has 3 aliphatic rings. The maximum atomic E-state index is 12.2. The van der Waals surface area contributed by atoms with Crippen LogP contribution < -0.4 is 15.5 Å². The molecule has 0 spiro atoms. The smallest absolute Gasteiger partial charge is 0.321 e. The predicted molar refractivity (Wildman–Crippen MR) is 84.6 cm³/mol. The number of imide groups is 1. The molecule has 1 unspecified atom stereocenters. The number of hydrogen-bond donors (Lipinski definition) is 3. The standard InChI is InChI=1S/C17H29N3O2/c21-16(19-17(22)18-14-8-2-3-9-14)12-20-11-5-7-13-6-1-4-10-15(13)20/h13-15H,1-12H2,(H2,18,19,21,22)/p+1/t13-,15+/m0/s1. The lowest BCUT2D eigenvalue weighted by atomic mass is 9.78. The van der Waals surface area contributed by atoms with Gasteiger partial charge in [-0.3, -0.25) is 10.1 Å². The van der Waals surface area contributed by atoms with E-state index >= 15 is 0 Å². The number of quaternary nitrogens is 1. The Morgan fingerprint density at radius 2 is 1.59 bits per heavy atom. The van der Waals surface area contributed by atoms with Crippen LogP contribution in [0, 0.1) is 5.92 Å². The van der Waals surface area contributed by atoms with Crippen molar-refractivity contribution in [1.29, 1.82) is 0 Å². The Labute approximate surface area is 133 Å². The number of rotatable bonds is 3. The number of nitrogens with one attached hydrogen (secondary N) is 3. The van der Waals surface area contributed by atoms with Crippen LogP contribution in [0.3, 0.4) is 0 Å². The number of likely N-dealkylation sites (tertiary alicyclic amines) is 1. The Bertz CT molecular complexity index is 405. The summed E-state index contributed by atoms with van der Waals surface area (Å²) in [5.74, 6) is 0.689. The highest BCUT2D eigenvalue weighted by Crippen LogP contribution is 2.28. The molecule has 3 amide bonds. The van der Waals surface area contributed by atoms with Crippen LogP contribution in [-0.2, 0) is 4.79 Å². The van der Waals surface area contributed by atoms with E-state index in [1.807, 2.05) is 0 Å². The molecule has 5 nitrogen and oxygen atoms in total. The molecule has 0 aromatic carbocycles. The fourth-order valence-electron chi connectivity index (χ4n) is 4.76. The zero-order chi connectivity index (χ0) is 15.4. The number of hydrogen-bond acceptors (Lipinski definition) is 2. The molecule has 0 bridgehead atoms. The molecule has 3 atom stereocenters. The fourth-order valence-corrected chi connectivity index (χ4v) is 4.76. The van der Waals surface area contributed by atoms with Gasteiger partial charge in [-0.15, -0.1) is 0 Å². The Kier molecular flexibility index (Phi) is 5.34. The number of fused-ring (bicyclic) bond motifs is 1. The van der Waals surface area contributed by atoms with Crippen LogP contribution in [0.1, 0.15) is 64.2 Å². The molecule has 0 aromatic rings. The summed E-state index contributed by atoms with van der Waals surface area (Å²) in [6.45, 7) is 1.54. The molecule has 3 fully saturated rings. The third kappa shape index (κ3) is 4.00. The first kappa shape index (κ1) is 15.8. The summed E-state index contributed by atoms with van der Waals surface area (Å²) in [5.41, 5.74) is 0. The van der Waals surface area contributed by atoms with E-state index in [2.05, 4.69) is 10.6 Å². The largest absolute Gasteiger partial charge is 0.335 e. The van der Waals surface area contributed by atoms with Gasteiger partial charge in [0.1, 0.15) is 0 Å². The van der Waals surface area contributed by atoms with Gasteiger partial charge in [0.05, 0.1) is 12.6 Å². The highest BCUT2D eigenvalue weighted by molar-refractivity contribution is 5.94. The van der Waals surface area contributed by atoms with Crippen molar-refractivity contribution in [1.82, 2.24) is 10.6 Å². The van der Waals surface area contributed by atoms with Gasteiger partial charge in [-0.25, -0.2) is 4.79 Å². The maximum Gasteiger partial charge on any atom is 0.321 e. The van der Waals surface area contributed by atoms with Crippen molar-refractivity contribution >= 4 is 11.9 Å². The quantitative estimate of drug-likeness (QED) is 0.728. The molecule has 0 aromatic heterocycles. The zero-order valence-corrected chi connectivity index (χ0v) is 13.5. The number of amides is 3. The van der Waals surface area contributed by atoms with Crippen molar-refractivity contribution in [3.8, 4) is 0 Å². The van der Waals surface area contributed by atoms with Gasteiger partial charge in [-0.1, -0.05) is 19.3 Å². The molecule has 124 valence electrons. The molecule has 3 rings (SSSR count). The predicted octanol–water partition coefficient (Wildman–Crippen LogP) is 0.992. The SMILES string of the molecule is O=C(C[NH+]1CCC[C@@H]2CCCC[C@H]21)NC(=O)NC1CCCC1. The monoisotopic (exact) mass is 308 g/mol. The first-order chi connectivity index (χ1) is 10.7. The summed E-state index contributed by atoms with van der Waals surface area (Å²) in [6.07, 6.45) is 12.2. The molecule has 22 heavy (non-hydrogen) atoms. The van der Waals surface area contributed by atoms with E-state index in [-0.39, 0.29) is 18.0 Å². The molecule has 2 aliphatic carbocycles. The fraction of sp³-hybridized carbons (Fsp3) is 0.882. The lowest BCUT2D eigenvalue weighted by Crippen LogP contribution is -3.18. The van der Waals surface area contributed by atoms with Crippen LogP contribution in [0.4, 0.5) is 4.79 Å². The van der Waals surface area contributed by atoms with Gasteiger partial charge in [0.15, 0.2) is 6.54 Å². The maximum absolute atomic E-state index is 12.2. The molecule has 1 heterocycles. The Balaban J connectivity index is 1.45. The van der Waals surface area contributed by atoms with Crippen molar-refractivity contribution in [2.24, 2.45) is 5.92 Å². The summed E-state index contributed by atoms with van der Waals surface area (Å²) >= 11 is 0. The molecule has 1 saturated heterocycles. The van der Waals surface area contributed by atoms with Crippen LogP contribution in [0.2, 0.25) is 0 Å². The van der Waals surface area contributed by atoms with Gasteiger partial charge in [-0.2, -0.15) is 0 Å². The lowest BCUT2D eigenvalue weighted by molar-refractivity contribution is -0.928. The number of carbonyl (C=O) groups excluding carboxylic acids is 2. The Morgan fingerprint density at radius 3 is 2.41 bits per heavy atom. The van der Waals surface area contributed by atoms with Gasteiger partial charge < -0.3 is 10.2 Å². The summed E-state index contributed by atoms with van der Waals surface area (Å²) in [6, 6.07) is 0.609. The molecule has 3 N–H and O–H groups in total. The minimum atomic E-state index is -0.298.